The van der Waals surface area contributed by atoms with E-state index in [1.807, 2.05) is 42.5 Å². The topological polar surface area (TPSA) is 107 Å². The minimum Gasteiger partial charge on any atom is -0.508 e. The Bertz CT molecular complexity index is 1330. The number of benzene rings is 3. The van der Waals surface area contributed by atoms with Gasteiger partial charge < -0.3 is 20.4 Å². The number of nitrogens with one attached hydrogen (secondary N) is 1. The van der Waals surface area contributed by atoms with Gasteiger partial charge in [0.25, 0.3) is 0 Å². The SMILES string of the molecule is CC(=O)N1CCC(c2ccc(O)cc2)C1C(=O)Nc1ccc2c(c1)C(CCC(=O)O)c1ccccc1-2. The molecule has 3 N–H and O–H groups in total. The Labute approximate surface area is 209 Å². The minimum atomic E-state index is -0.837. The summed E-state index contributed by atoms with van der Waals surface area (Å²) in [5.74, 6) is -1.35. The summed E-state index contributed by atoms with van der Waals surface area (Å²) in [4.78, 5) is 38.8. The predicted octanol–water partition coefficient (Wildman–Crippen LogP) is 4.71. The molecule has 1 aliphatic heterocycles. The first-order chi connectivity index (χ1) is 17.3. The Kier molecular flexibility index (Phi) is 6.22. The van der Waals surface area contributed by atoms with Crippen LogP contribution in [0.1, 0.15) is 54.7 Å². The molecule has 0 bridgehead atoms. The number of fused-ring (bicyclic) bond motifs is 3. The van der Waals surface area contributed by atoms with Crippen LogP contribution in [0.4, 0.5) is 5.69 Å². The third kappa shape index (κ3) is 4.33. The molecule has 0 spiro atoms. The van der Waals surface area contributed by atoms with Crippen molar-refractivity contribution < 1.29 is 24.6 Å². The van der Waals surface area contributed by atoms with Gasteiger partial charge in [0.2, 0.25) is 11.8 Å². The van der Waals surface area contributed by atoms with Crippen LogP contribution in [0.2, 0.25) is 0 Å². The van der Waals surface area contributed by atoms with E-state index in [-0.39, 0.29) is 35.8 Å². The summed E-state index contributed by atoms with van der Waals surface area (Å²) < 4.78 is 0. The zero-order chi connectivity index (χ0) is 25.4. The molecule has 0 aromatic heterocycles. The van der Waals surface area contributed by atoms with E-state index in [1.54, 1.807) is 29.2 Å². The highest BCUT2D eigenvalue weighted by atomic mass is 16.4. The number of rotatable bonds is 6. The molecular weight excluding hydrogens is 456 g/mol. The number of aliphatic carboxylic acids is 1. The Balaban J connectivity index is 1.43. The lowest BCUT2D eigenvalue weighted by Crippen LogP contribution is -2.44. The van der Waals surface area contributed by atoms with Gasteiger partial charge in [0.1, 0.15) is 11.8 Å². The highest BCUT2D eigenvalue weighted by Crippen LogP contribution is 2.47. The van der Waals surface area contributed by atoms with E-state index in [0.717, 1.165) is 27.8 Å². The zero-order valence-corrected chi connectivity index (χ0v) is 20.0. The van der Waals surface area contributed by atoms with Crippen molar-refractivity contribution in [1.82, 2.24) is 4.90 Å². The van der Waals surface area contributed by atoms with Crippen molar-refractivity contribution in [3.8, 4) is 16.9 Å². The molecule has 7 heteroatoms. The molecule has 1 aliphatic carbocycles. The van der Waals surface area contributed by atoms with Crippen LogP contribution in [0.25, 0.3) is 11.1 Å². The fourth-order valence-corrected chi connectivity index (χ4v) is 5.72. The molecule has 3 atom stereocenters. The maximum absolute atomic E-state index is 13.6. The normalized spacial score (nSPS) is 20.0. The van der Waals surface area contributed by atoms with E-state index < -0.39 is 12.0 Å². The molecular formula is C29H28N2O5. The second kappa shape index (κ2) is 9.49. The fourth-order valence-electron chi connectivity index (χ4n) is 5.72. The zero-order valence-electron chi connectivity index (χ0n) is 20.0. The molecule has 7 nitrogen and oxygen atoms in total. The van der Waals surface area contributed by atoms with Gasteiger partial charge in [-0.25, -0.2) is 0 Å². The van der Waals surface area contributed by atoms with Gasteiger partial charge >= 0.3 is 5.97 Å². The van der Waals surface area contributed by atoms with E-state index in [4.69, 9.17) is 0 Å². The number of carbonyl (C=O) groups is 3. The second-order valence-corrected chi connectivity index (χ2v) is 9.51. The van der Waals surface area contributed by atoms with Crippen LogP contribution in [0.15, 0.2) is 66.7 Å². The van der Waals surface area contributed by atoms with Crippen LogP contribution in [0, 0.1) is 0 Å². The highest BCUT2D eigenvalue weighted by Gasteiger charge is 2.41. The Morgan fingerprint density at radius 2 is 1.69 bits per heavy atom. The molecule has 36 heavy (non-hydrogen) atoms. The first-order valence-electron chi connectivity index (χ1n) is 12.2. The van der Waals surface area contributed by atoms with Crippen molar-refractivity contribution in [3.05, 3.63) is 83.4 Å². The number of hydrogen-bond donors (Lipinski definition) is 3. The molecule has 1 heterocycles. The van der Waals surface area contributed by atoms with E-state index in [2.05, 4.69) is 5.32 Å². The van der Waals surface area contributed by atoms with Crippen LogP contribution < -0.4 is 5.32 Å². The number of carboxylic acids is 1. The van der Waals surface area contributed by atoms with Gasteiger partial charge in [-0.05, 0) is 64.9 Å². The predicted molar refractivity (Wildman–Crippen MR) is 136 cm³/mol. The Hall–Kier alpha value is -4.13. The number of likely N-dealkylation sites (tertiary alicyclic amines) is 1. The Morgan fingerprint density at radius 3 is 2.42 bits per heavy atom. The van der Waals surface area contributed by atoms with Crippen molar-refractivity contribution >= 4 is 23.5 Å². The lowest BCUT2D eigenvalue weighted by Gasteiger charge is -2.27. The van der Waals surface area contributed by atoms with Gasteiger partial charge in [0, 0.05) is 37.4 Å². The number of hydrogen-bond acceptors (Lipinski definition) is 4. The van der Waals surface area contributed by atoms with Crippen LogP contribution in [0.3, 0.4) is 0 Å². The van der Waals surface area contributed by atoms with E-state index in [9.17, 15) is 24.6 Å². The average Bonchev–Trinajstić information content (AvgIpc) is 3.43. The molecule has 5 rings (SSSR count). The van der Waals surface area contributed by atoms with Gasteiger partial charge in [-0.3, -0.25) is 14.4 Å². The van der Waals surface area contributed by atoms with Crippen molar-refractivity contribution in [3.63, 3.8) is 0 Å². The quantitative estimate of drug-likeness (QED) is 0.470. The summed E-state index contributed by atoms with van der Waals surface area (Å²) >= 11 is 0. The molecule has 3 aromatic rings. The Morgan fingerprint density at radius 1 is 0.972 bits per heavy atom. The molecule has 3 aromatic carbocycles. The van der Waals surface area contributed by atoms with Crippen molar-refractivity contribution in [2.45, 2.75) is 44.1 Å². The largest absolute Gasteiger partial charge is 0.508 e. The summed E-state index contributed by atoms with van der Waals surface area (Å²) in [5, 5.41) is 22.0. The third-order valence-corrected chi connectivity index (χ3v) is 7.36. The lowest BCUT2D eigenvalue weighted by molar-refractivity contribution is -0.137. The molecule has 2 amide bonds. The van der Waals surface area contributed by atoms with Gasteiger partial charge in [0.15, 0.2) is 0 Å². The van der Waals surface area contributed by atoms with Gasteiger partial charge in [-0.15, -0.1) is 0 Å². The molecule has 2 aliphatic rings. The summed E-state index contributed by atoms with van der Waals surface area (Å²) in [6.45, 7) is 1.95. The number of carboxylic acid groups (broad SMARTS) is 1. The summed E-state index contributed by atoms with van der Waals surface area (Å²) in [7, 11) is 0. The molecule has 0 radical (unpaired) electrons. The lowest BCUT2D eigenvalue weighted by atomic mass is 9.90. The van der Waals surface area contributed by atoms with Crippen LogP contribution in [-0.4, -0.2) is 45.5 Å². The first-order valence-corrected chi connectivity index (χ1v) is 12.2. The van der Waals surface area contributed by atoms with Crippen molar-refractivity contribution in [2.75, 3.05) is 11.9 Å². The maximum atomic E-state index is 13.6. The smallest absolute Gasteiger partial charge is 0.303 e. The van der Waals surface area contributed by atoms with Crippen LogP contribution in [-0.2, 0) is 14.4 Å². The molecule has 1 saturated heterocycles. The van der Waals surface area contributed by atoms with Crippen LogP contribution in [0.5, 0.6) is 5.75 Å². The summed E-state index contributed by atoms with van der Waals surface area (Å²) in [5.41, 5.74) is 5.75. The number of carbonyl (C=O) groups excluding carboxylic acids is 2. The second-order valence-electron chi connectivity index (χ2n) is 9.51. The van der Waals surface area contributed by atoms with E-state index in [0.29, 0.717) is 25.1 Å². The number of amides is 2. The highest BCUT2D eigenvalue weighted by molar-refractivity contribution is 5.98. The third-order valence-electron chi connectivity index (χ3n) is 7.36. The number of aromatic hydroxyl groups is 1. The van der Waals surface area contributed by atoms with E-state index in [1.165, 1.54) is 6.92 Å². The van der Waals surface area contributed by atoms with Gasteiger partial charge in [-0.2, -0.15) is 0 Å². The number of nitrogens with zero attached hydrogens (tertiary/aromatic N) is 1. The van der Waals surface area contributed by atoms with Crippen molar-refractivity contribution in [2.24, 2.45) is 0 Å². The van der Waals surface area contributed by atoms with Gasteiger partial charge in [-0.1, -0.05) is 42.5 Å². The van der Waals surface area contributed by atoms with Crippen LogP contribution >= 0.6 is 0 Å². The number of phenols is 1. The molecule has 1 fully saturated rings. The standard InChI is InChI=1S/C29H28N2O5/c1-17(32)31-15-14-21(18-6-9-20(33)10-7-18)28(31)29(36)30-19-8-11-24-22-4-2-3-5-23(22)25(26(24)16-19)12-13-27(34)35/h2-11,16,21,25,28,33H,12-15H2,1H3,(H,30,36)(H,34,35). The summed E-state index contributed by atoms with van der Waals surface area (Å²) in [6.07, 6.45) is 1.18. The monoisotopic (exact) mass is 484 g/mol. The molecule has 0 saturated carbocycles. The fraction of sp³-hybridized carbons (Fsp3) is 0.276. The molecule has 3 unspecified atom stereocenters. The number of anilines is 1. The maximum Gasteiger partial charge on any atom is 0.303 e. The van der Waals surface area contributed by atoms with Crippen molar-refractivity contribution in [1.29, 1.82) is 0 Å². The molecule has 184 valence electrons. The van der Waals surface area contributed by atoms with E-state index >= 15 is 0 Å². The van der Waals surface area contributed by atoms with Gasteiger partial charge in [0.05, 0.1) is 0 Å². The number of phenolic OH excluding ortho intramolecular Hbond substituents is 1. The minimum absolute atomic E-state index is 0.0545. The summed E-state index contributed by atoms with van der Waals surface area (Å²) in [6, 6.07) is 19.9. The average molecular weight is 485 g/mol. The first kappa shape index (κ1) is 23.6.